The molecule has 3 aromatic carbocycles. The van der Waals surface area contributed by atoms with Crippen LogP contribution in [0.3, 0.4) is 0 Å². The molecule has 0 radical (unpaired) electrons. The Kier molecular flexibility index (Phi) is 4.01. The normalized spacial score (nSPS) is 23.8. The van der Waals surface area contributed by atoms with Gasteiger partial charge in [-0.05, 0) is 0 Å². The molecule has 2 nitrogen and oxygen atoms in total. The average molecular weight is 386 g/mol. The van der Waals surface area contributed by atoms with Gasteiger partial charge in [0.15, 0.2) is 0 Å². The molecule has 0 amide bonds. The second kappa shape index (κ2) is 6.44. The Balaban J connectivity index is 1.82. The van der Waals surface area contributed by atoms with Gasteiger partial charge in [0, 0.05) is 0 Å². The van der Waals surface area contributed by atoms with Gasteiger partial charge in [-0.2, -0.15) is 0 Å². The molecule has 4 aromatic rings. The Morgan fingerprint density at radius 3 is 1.64 bits per heavy atom. The van der Waals surface area contributed by atoms with Crippen LogP contribution in [-0.2, 0) is 4.52 Å². The first-order valence-electron chi connectivity index (χ1n) is 9.67. The van der Waals surface area contributed by atoms with Gasteiger partial charge in [-0.3, -0.25) is 0 Å². The molecular formula is C25H23O2P. The van der Waals surface area contributed by atoms with E-state index < -0.39 is 6.83 Å². The molecule has 1 saturated heterocycles. The van der Waals surface area contributed by atoms with E-state index >= 15 is 0 Å². The van der Waals surface area contributed by atoms with Crippen molar-refractivity contribution >= 4 is 22.9 Å². The van der Waals surface area contributed by atoms with Gasteiger partial charge in [0.05, 0.1) is 0 Å². The van der Waals surface area contributed by atoms with Gasteiger partial charge < -0.3 is 0 Å². The zero-order valence-electron chi connectivity index (χ0n) is 15.8. The predicted octanol–water partition coefficient (Wildman–Crippen LogP) is 5.18. The molecule has 0 N–H and O–H groups in total. The standard InChI is InChI=1S/C25H23O2P/c1-20-25(21-12-5-2-6-13-21)27-28(20,24-18-11-19-26-24,22-14-7-3-8-15-22)23-16-9-4-10-17-23/h2-20,25H,1H3/t20-,25?/m1/s1. The molecule has 0 spiro atoms. The van der Waals surface area contributed by atoms with Crippen LogP contribution in [0, 0.1) is 0 Å². The van der Waals surface area contributed by atoms with Gasteiger partial charge in [0.2, 0.25) is 0 Å². The molecule has 0 bridgehead atoms. The molecule has 0 saturated carbocycles. The molecule has 2 atom stereocenters. The van der Waals surface area contributed by atoms with Crippen LogP contribution in [0.5, 0.6) is 0 Å². The maximum absolute atomic E-state index is 7.17. The molecule has 1 aliphatic heterocycles. The fraction of sp³-hybridized carbons (Fsp3) is 0.120. The molecule has 2 heterocycles. The van der Waals surface area contributed by atoms with Crippen LogP contribution < -0.4 is 16.1 Å². The number of rotatable bonds is 4. The molecule has 3 heteroatoms. The molecule has 1 aromatic heterocycles. The summed E-state index contributed by atoms with van der Waals surface area (Å²) in [4.78, 5) is 0. The van der Waals surface area contributed by atoms with E-state index in [-0.39, 0.29) is 11.8 Å². The Hall–Kier alpha value is -2.67. The zero-order valence-corrected chi connectivity index (χ0v) is 16.7. The van der Waals surface area contributed by atoms with Crippen LogP contribution in [0.4, 0.5) is 0 Å². The van der Waals surface area contributed by atoms with Crippen LogP contribution in [0.25, 0.3) is 0 Å². The van der Waals surface area contributed by atoms with Crippen molar-refractivity contribution in [2.45, 2.75) is 18.7 Å². The Morgan fingerprint density at radius 2 is 1.18 bits per heavy atom. The summed E-state index contributed by atoms with van der Waals surface area (Å²) in [5.74, 6) is 0. The number of hydrogen-bond acceptors (Lipinski definition) is 2. The van der Waals surface area contributed by atoms with E-state index in [1.165, 1.54) is 16.2 Å². The maximum atomic E-state index is 7.17. The first kappa shape index (κ1) is 17.4. The zero-order chi connectivity index (χ0) is 19.1. The molecule has 1 unspecified atom stereocenters. The number of hydrogen-bond donors (Lipinski definition) is 0. The molecule has 1 aliphatic rings. The van der Waals surface area contributed by atoms with E-state index in [0.717, 1.165) is 5.50 Å². The third kappa shape index (κ3) is 2.11. The second-order valence-electron chi connectivity index (χ2n) is 7.40. The van der Waals surface area contributed by atoms with Crippen LogP contribution in [0.15, 0.2) is 114 Å². The summed E-state index contributed by atoms with van der Waals surface area (Å²) in [6, 6.07) is 35.9. The Morgan fingerprint density at radius 1 is 0.643 bits per heavy atom. The van der Waals surface area contributed by atoms with Gasteiger partial charge in [-0.1, -0.05) is 0 Å². The molecule has 140 valence electrons. The van der Waals surface area contributed by atoms with Crippen LogP contribution in [0.2, 0.25) is 0 Å². The van der Waals surface area contributed by atoms with Crippen molar-refractivity contribution in [3.8, 4) is 0 Å². The van der Waals surface area contributed by atoms with Crippen LogP contribution in [-0.4, -0.2) is 5.66 Å². The van der Waals surface area contributed by atoms with Gasteiger partial charge in [-0.15, -0.1) is 0 Å². The van der Waals surface area contributed by atoms with Crippen LogP contribution >= 0.6 is 6.83 Å². The average Bonchev–Trinajstić information content (AvgIpc) is 3.31. The predicted molar refractivity (Wildman–Crippen MR) is 117 cm³/mol. The summed E-state index contributed by atoms with van der Waals surface area (Å²) < 4.78 is 13.3. The minimum atomic E-state index is -3.20. The molecule has 5 rings (SSSR count). The summed E-state index contributed by atoms with van der Waals surface area (Å²) in [7, 11) is 0. The van der Waals surface area contributed by atoms with Crippen molar-refractivity contribution < 1.29 is 8.94 Å². The van der Waals surface area contributed by atoms with Crippen molar-refractivity contribution in [2.24, 2.45) is 0 Å². The first-order valence-corrected chi connectivity index (χ1v) is 11.9. The molecule has 0 aliphatic carbocycles. The molecule has 1 fully saturated rings. The number of benzene rings is 3. The van der Waals surface area contributed by atoms with Gasteiger partial charge >= 0.3 is 166 Å². The topological polar surface area (TPSA) is 22.4 Å². The number of furan rings is 1. The van der Waals surface area contributed by atoms with Gasteiger partial charge in [0.1, 0.15) is 0 Å². The monoisotopic (exact) mass is 386 g/mol. The van der Waals surface area contributed by atoms with Gasteiger partial charge in [0.25, 0.3) is 0 Å². The Bertz CT molecular complexity index is 1020. The van der Waals surface area contributed by atoms with E-state index in [0.29, 0.717) is 0 Å². The van der Waals surface area contributed by atoms with Crippen molar-refractivity contribution in [1.82, 2.24) is 0 Å². The fourth-order valence-corrected chi connectivity index (χ4v) is 11.0. The third-order valence-electron chi connectivity index (χ3n) is 6.16. The quantitative estimate of drug-likeness (QED) is 0.451. The SMILES string of the molecule is C[C@@H]1C(c2ccccc2)OP1(c1ccccc1)(c1ccccc1)c1ccco1. The Labute approximate surface area is 165 Å². The van der Waals surface area contributed by atoms with E-state index in [1.807, 2.05) is 12.1 Å². The summed E-state index contributed by atoms with van der Waals surface area (Å²) in [5, 5.41) is 2.43. The molecular weight excluding hydrogens is 363 g/mol. The first-order chi connectivity index (χ1) is 13.8. The van der Waals surface area contributed by atoms with E-state index in [1.54, 1.807) is 6.26 Å². The van der Waals surface area contributed by atoms with E-state index in [4.69, 9.17) is 8.94 Å². The third-order valence-corrected chi connectivity index (χ3v) is 12.4. The van der Waals surface area contributed by atoms with Crippen molar-refractivity contribution in [3.05, 3.63) is 115 Å². The van der Waals surface area contributed by atoms with E-state index in [2.05, 4.69) is 97.9 Å². The molecule has 28 heavy (non-hydrogen) atoms. The van der Waals surface area contributed by atoms with E-state index in [9.17, 15) is 0 Å². The van der Waals surface area contributed by atoms with Crippen LogP contribution in [0.1, 0.15) is 18.6 Å². The van der Waals surface area contributed by atoms with Crippen molar-refractivity contribution in [2.75, 3.05) is 0 Å². The summed E-state index contributed by atoms with van der Waals surface area (Å²) in [6.45, 7) is -0.877. The van der Waals surface area contributed by atoms with Crippen molar-refractivity contribution in [1.29, 1.82) is 0 Å². The summed E-state index contributed by atoms with van der Waals surface area (Å²) in [5.41, 5.74) is 2.42. The van der Waals surface area contributed by atoms with Gasteiger partial charge in [-0.25, -0.2) is 0 Å². The second-order valence-corrected chi connectivity index (χ2v) is 12.1. The minimum absolute atomic E-state index is 0.0318. The summed E-state index contributed by atoms with van der Waals surface area (Å²) >= 11 is 0. The fourth-order valence-electron chi connectivity index (χ4n) is 4.82. The summed E-state index contributed by atoms with van der Waals surface area (Å²) in [6.07, 6.45) is 1.80. The van der Waals surface area contributed by atoms with Crippen molar-refractivity contribution in [3.63, 3.8) is 0 Å².